The van der Waals surface area contributed by atoms with E-state index in [1.807, 2.05) is 32.0 Å². The van der Waals surface area contributed by atoms with Crippen LogP contribution in [0.1, 0.15) is 19.4 Å². The maximum Gasteiger partial charge on any atom is 0.166 e. The summed E-state index contributed by atoms with van der Waals surface area (Å²) in [4.78, 5) is 11.5. The molecule has 0 radical (unpaired) electrons. The van der Waals surface area contributed by atoms with Gasteiger partial charge < -0.3 is 5.32 Å². The Bertz CT molecular complexity index is 335. The van der Waals surface area contributed by atoms with Crippen molar-refractivity contribution in [2.75, 3.05) is 12.4 Å². The molecule has 0 heterocycles. The van der Waals surface area contributed by atoms with Crippen LogP contribution in [0.25, 0.3) is 0 Å². The van der Waals surface area contributed by atoms with Crippen LogP contribution in [0.3, 0.4) is 0 Å². The van der Waals surface area contributed by atoms with Gasteiger partial charge in [0.15, 0.2) is 5.78 Å². The van der Waals surface area contributed by atoms with Gasteiger partial charge in [0.2, 0.25) is 0 Å². The average Bonchev–Trinajstić information content (AvgIpc) is 2.29. The molecule has 0 aliphatic heterocycles. The van der Waals surface area contributed by atoms with Crippen LogP contribution in [-0.4, -0.2) is 23.7 Å². The van der Waals surface area contributed by atoms with Crippen molar-refractivity contribution in [2.24, 2.45) is 0 Å². The molecule has 0 spiro atoms. The van der Waals surface area contributed by atoms with Crippen molar-refractivity contribution in [3.63, 3.8) is 0 Å². The van der Waals surface area contributed by atoms with Crippen LogP contribution in [0.15, 0.2) is 30.3 Å². The van der Waals surface area contributed by atoms with Crippen LogP contribution in [0.4, 0.5) is 0 Å². The third-order valence-electron chi connectivity index (χ3n) is 2.64. The molecular formula is C13H18ClNO. The van der Waals surface area contributed by atoms with Crippen molar-refractivity contribution in [3.05, 3.63) is 35.9 Å². The van der Waals surface area contributed by atoms with Crippen LogP contribution in [0, 0.1) is 0 Å². The number of alkyl halides is 1. The van der Waals surface area contributed by atoms with Gasteiger partial charge in [-0.25, -0.2) is 0 Å². The van der Waals surface area contributed by atoms with Gasteiger partial charge in [0.1, 0.15) is 0 Å². The number of carbonyl (C=O) groups excluding carboxylic acids is 1. The van der Waals surface area contributed by atoms with Crippen LogP contribution in [0.5, 0.6) is 0 Å². The number of carbonyl (C=O) groups is 1. The second-order valence-electron chi connectivity index (χ2n) is 4.34. The highest BCUT2D eigenvalue weighted by molar-refractivity contribution is 6.28. The molecule has 0 aliphatic rings. The van der Waals surface area contributed by atoms with Crippen LogP contribution in [0.2, 0.25) is 0 Å². The monoisotopic (exact) mass is 239 g/mol. The van der Waals surface area contributed by atoms with E-state index in [1.165, 1.54) is 5.56 Å². The number of hydrogen-bond donors (Lipinski definition) is 1. The van der Waals surface area contributed by atoms with Crippen molar-refractivity contribution in [1.82, 2.24) is 5.32 Å². The molecule has 0 bridgehead atoms. The van der Waals surface area contributed by atoms with Crippen LogP contribution in [-0.2, 0) is 11.2 Å². The van der Waals surface area contributed by atoms with Gasteiger partial charge in [-0.15, -0.1) is 11.6 Å². The predicted octanol–water partition coefficient (Wildman–Crippen LogP) is 2.41. The van der Waals surface area contributed by atoms with Crippen LogP contribution >= 0.6 is 11.6 Å². The number of halogens is 1. The number of hydrogen-bond acceptors (Lipinski definition) is 2. The van der Waals surface area contributed by atoms with Crippen molar-refractivity contribution < 1.29 is 4.79 Å². The number of rotatable bonds is 6. The summed E-state index contributed by atoms with van der Waals surface area (Å²) in [5.74, 6) is 0.0907. The van der Waals surface area contributed by atoms with Gasteiger partial charge in [0, 0.05) is 6.54 Å². The van der Waals surface area contributed by atoms with E-state index in [1.54, 1.807) is 0 Å². The molecule has 1 aromatic carbocycles. The third kappa shape index (κ3) is 3.95. The van der Waals surface area contributed by atoms with E-state index in [0.717, 1.165) is 13.0 Å². The fourth-order valence-electron chi connectivity index (χ4n) is 1.43. The lowest BCUT2D eigenvalue weighted by molar-refractivity contribution is -0.121. The summed E-state index contributed by atoms with van der Waals surface area (Å²) in [6.07, 6.45) is 0.917. The molecular weight excluding hydrogens is 222 g/mol. The molecule has 0 aromatic heterocycles. The highest BCUT2D eigenvalue weighted by Gasteiger charge is 2.24. The lowest BCUT2D eigenvalue weighted by Gasteiger charge is -2.23. The van der Waals surface area contributed by atoms with E-state index in [-0.39, 0.29) is 11.7 Å². The summed E-state index contributed by atoms with van der Waals surface area (Å²) in [5.41, 5.74) is 0.736. The van der Waals surface area contributed by atoms with E-state index in [0.29, 0.717) is 0 Å². The Kier molecular flexibility index (Phi) is 4.97. The second kappa shape index (κ2) is 6.02. The molecule has 2 nitrogen and oxygen atoms in total. The quantitative estimate of drug-likeness (QED) is 0.773. The fourth-order valence-corrected chi connectivity index (χ4v) is 1.76. The number of benzene rings is 1. The third-order valence-corrected chi connectivity index (χ3v) is 2.88. The fraction of sp³-hybridized carbons (Fsp3) is 0.462. The minimum atomic E-state index is -0.531. The topological polar surface area (TPSA) is 29.1 Å². The minimum absolute atomic E-state index is 0.0298. The van der Waals surface area contributed by atoms with Gasteiger partial charge in [0.05, 0.1) is 11.4 Å². The molecule has 0 fully saturated rings. The van der Waals surface area contributed by atoms with Gasteiger partial charge in [-0.3, -0.25) is 4.79 Å². The molecule has 0 saturated heterocycles. The minimum Gasteiger partial charge on any atom is -0.305 e. The average molecular weight is 240 g/mol. The molecule has 0 saturated carbocycles. The van der Waals surface area contributed by atoms with E-state index >= 15 is 0 Å². The molecule has 1 N–H and O–H groups in total. The molecule has 16 heavy (non-hydrogen) atoms. The molecule has 88 valence electrons. The Morgan fingerprint density at radius 1 is 1.31 bits per heavy atom. The van der Waals surface area contributed by atoms with Crippen molar-refractivity contribution in [2.45, 2.75) is 25.8 Å². The maximum absolute atomic E-state index is 11.5. The first-order chi connectivity index (χ1) is 7.56. The van der Waals surface area contributed by atoms with Crippen LogP contribution < -0.4 is 5.32 Å². The van der Waals surface area contributed by atoms with Gasteiger partial charge in [0.25, 0.3) is 0 Å². The van der Waals surface area contributed by atoms with Gasteiger partial charge >= 0.3 is 0 Å². The number of Topliss-reactive ketones (excluding diaryl/α,β-unsaturated/α-hetero) is 1. The summed E-state index contributed by atoms with van der Waals surface area (Å²) < 4.78 is 0. The zero-order valence-corrected chi connectivity index (χ0v) is 10.6. The Morgan fingerprint density at radius 2 is 1.94 bits per heavy atom. The van der Waals surface area contributed by atoms with E-state index in [4.69, 9.17) is 11.6 Å². The number of nitrogens with one attached hydrogen (secondary N) is 1. The Labute approximate surface area is 102 Å². The smallest absolute Gasteiger partial charge is 0.166 e. The standard InChI is InChI=1S/C13H18ClNO/c1-13(2,12(16)10-14)15-9-8-11-6-4-3-5-7-11/h3-7,15H,8-10H2,1-2H3. The van der Waals surface area contributed by atoms with Crippen molar-refractivity contribution >= 4 is 17.4 Å². The Hall–Kier alpha value is -0.860. The summed E-state index contributed by atoms with van der Waals surface area (Å²) >= 11 is 5.54. The summed E-state index contributed by atoms with van der Waals surface area (Å²) in [6.45, 7) is 4.51. The Morgan fingerprint density at radius 3 is 2.50 bits per heavy atom. The zero-order chi connectivity index (χ0) is 12.0. The second-order valence-corrected chi connectivity index (χ2v) is 4.61. The highest BCUT2D eigenvalue weighted by Crippen LogP contribution is 2.06. The lowest BCUT2D eigenvalue weighted by atomic mass is 10.00. The van der Waals surface area contributed by atoms with E-state index in [9.17, 15) is 4.79 Å². The summed E-state index contributed by atoms with van der Waals surface area (Å²) in [7, 11) is 0. The number of ketones is 1. The van der Waals surface area contributed by atoms with Gasteiger partial charge in [-0.05, 0) is 25.8 Å². The van der Waals surface area contributed by atoms with E-state index < -0.39 is 5.54 Å². The van der Waals surface area contributed by atoms with Gasteiger partial charge in [-0.1, -0.05) is 30.3 Å². The molecule has 0 unspecified atom stereocenters. The zero-order valence-electron chi connectivity index (χ0n) is 9.79. The molecule has 0 amide bonds. The SMILES string of the molecule is CC(C)(NCCc1ccccc1)C(=O)CCl. The largest absolute Gasteiger partial charge is 0.305 e. The highest BCUT2D eigenvalue weighted by atomic mass is 35.5. The molecule has 1 aromatic rings. The van der Waals surface area contributed by atoms with E-state index in [2.05, 4.69) is 17.4 Å². The van der Waals surface area contributed by atoms with Gasteiger partial charge in [-0.2, -0.15) is 0 Å². The normalized spacial score (nSPS) is 11.4. The lowest BCUT2D eigenvalue weighted by Crippen LogP contribution is -2.48. The predicted molar refractivity (Wildman–Crippen MR) is 68.0 cm³/mol. The Balaban J connectivity index is 2.38. The molecule has 1 rings (SSSR count). The first-order valence-corrected chi connectivity index (χ1v) is 5.98. The van der Waals surface area contributed by atoms with Crippen molar-refractivity contribution in [3.8, 4) is 0 Å². The summed E-state index contributed by atoms with van der Waals surface area (Å²) in [5, 5.41) is 3.22. The first kappa shape index (κ1) is 13.2. The molecule has 0 atom stereocenters. The molecule has 0 aliphatic carbocycles. The summed E-state index contributed by atoms with van der Waals surface area (Å²) in [6, 6.07) is 10.2. The van der Waals surface area contributed by atoms with Crippen molar-refractivity contribution in [1.29, 1.82) is 0 Å². The maximum atomic E-state index is 11.5. The molecule has 3 heteroatoms. The first-order valence-electron chi connectivity index (χ1n) is 5.44.